The third-order valence-electron chi connectivity index (χ3n) is 3.01. The summed E-state index contributed by atoms with van der Waals surface area (Å²) in [5.41, 5.74) is -0.529. The molecule has 0 saturated heterocycles. The van der Waals surface area contributed by atoms with E-state index in [9.17, 15) is 19.7 Å². The van der Waals surface area contributed by atoms with Gasteiger partial charge in [-0.25, -0.2) is 9.78 Å². The van der Waals surface area contributed by atoms with Crippen molar-refractivity contribution >= 4 is 46.6 Å². The van der Waals surface area contributed by atoms with Crippen molar-refractivity contribution in [3.63, 3.8) is 0 Å². The standard InChI is InChI=1S/C15H11Cl2N3O5/c1-8(14(21)19-13-5-3-10(16)7-18-13)25-15(22)9-2-4-11(17)12(6-9)20(23)24/h2-8H,1H3,(H,18,19,21)/t8-/m0/s1. The van der Waals surface area contributed by atoms with Crippen molar-refractivity contribution in [1.29, 1.82) is 0 Å². The second-order valence-corrected chi connectivity index (χ2v) is 5.67. The first-order chi connectivity index (χ1) is 11.8. The lowest BCUT2D eigenvalue weighted by Gasteiger charge is -2.13. The average Bonchev–Trinajstić information content (AvgIpc) is 2.56. The number of hydrogen-bond donors (Lipinski definition) is 1. The molecule has 0 aliphatic heterocycles. The monoisotopic (exact) mass is 383 g/mol. The van der Waals surface area contributed by atoms with Gasteiger partial charge in [0.05, 0.1) is 15.5 Å². The second kappa shape index (κ2) is 7.91. The Morgan fingerprint density at radius 1 is 1.28 bits per heavy atom. The molecule has 0 unspecified atom stereocenters. The number of pyridine rings is 1. The number of carbonyl (C=O) groups is 2. The summed E-state index contributed by atoms with van der Waals surface area (Å²) in [5, 5.41) is 13.6. The molecular weight excluding hydrogens is 373 g/mol. The molecule has 130 valence electrons. The van der Waals surface area contributed by atoms with Crippen molar-refractivity contribution in [2.24, 2.45) is 0 Å². The molecule has 0 fully saturated rings. The number of benzene rings is 1. The van der Waals surface area contributed by atoms with E-state index in [-0.39, 0.29) is 16.4 Å². The molecule has 1 N–H and O–H groups in total. The van der Waals surface area contributed by atoms with Crippen LogP contribution in [0, 0.1) is 10.1 Å². The highest BCUT2D eigenvalue weighted by atomic mass is 35.5. The highest BCUT2D eigenvalue weighted by Crippen LogP contribution is 2.25. The number of carbonyl (C=O) groups excluding carboxylic acids is 2. The predicted molar refractivity (Wildman–Crippen MR) is 90.9 cm³/mol. The van der Waals surface area contributed by atoms with E-state index in [1.807, 2.05) is 0 Å². The first-order valence-corrected chi connectivity index (χ1v) is 7.61. The number of nitrogens with zero attached hydrogens (tertiary/aromatic N) is 2. The van der Waals surface area contributed by atoms with E-state index in [2.05, 4.69) is 10.3 Å². The van der Waals surface area contributed by atoms with Crippen molar-refractivity contribution in [1.82, 2.24) is 4.98 Å². The summed E-state index contributed by atoms with van der Waals surface area (Å²) in [5.74, 6) is -1.28. The Morgan fingerprint density at radius 2 is 2.00 bits per heavy atom. The van der Waals surface area contributed by atoms with Gasteiger partial charge in [0.25, 0.3) is 11.6 Å². The first kappa shape index (κ1) is 18.6. The lowest BCUT2D eigenvalue weighted by atomic mass is 10.2. The van der Waals surface area contributed by atoms with E-state index < -0.39 is 28.6 Å². The molecule has 8 nitrogen and oxygen atoms in total. The molecule has 2 rings (SSSR count). The minimum atomic E-state index is -1.15. The van der Waals surface area contributed by atoms with Gasteiger partial charge in [-0.3, -0.25) is 14.9 Å². The molecule has 0 radical (unpaired) electrons. The predicted octanol–water partition coefficient (Wildman–Crippen LogP) is 3.48. The number of hydrogen-bond acceptors (Lipinski definition) is 6. The third kappa shape index (κ3) is 4.88. The molecular formula is C15H11Cl2N3O5. The van der Waals surface area contributed by atoms with Crippen LogP contribution in [-0.2, 0) is 9.53 Å². The zero-order valence-corrected chi connectivity index (χ0v) is 14.2. The summed E-state index contributed by atoms with van der Waals surface area (Å²) in [6.45, 7) is 1.35. The van der Waals surface area contributed by atoms with Gasteiger partial charge in [-0.05, 0) is 31.2 Å². The molecule has 0 bridgehead atoms. The van der Waals surface area contributed by atoms with Crippen LogP contribution in [0.15, 0.2) is 36.5 Å². The minimum Gasteiger partial charge on any atom is -0.449 e. The summed E-state index contributed by atoms with van der Waals surface area (Å²) in [6, 6.07) is 6.47. The molecule has 1 aromatic carbocycles. The molecule has 1 aromatic heterocycles. The number of esters is 1. The summed E-state index contributed by atoms with van der Waals surface area (Å²) >= 11 is 11.4. The third-order valence-corrected chi connectivity index (χ3v) is 3.55. The van der Waals surface area contributed by atoms with Crippen molar-refractivity contribution in [3.8, 4) is 0 Å². The Labute approximate surface area is 151 Å². The second-order valence-electron chi connectivity index (χ2n) is 4.82. The zero-order chi connectivity index (χ0) is 18.6. The Balaban J connectivity index is 2.04. The molecule has 0 saturated carbocycles. The molecule has 0 aliphatic rings. The number of nitro benzene ring substituents is 1. The van der Waals surface area contributed by atoms with Crippen LogP contribution in [0.25, 0.3) is 0 Å². The van der Waals surface area contributed by atoms with Gasteiger partial charge in [0.1, 0.15) is 10.8 Å². The van der Waals surface area contributed by atoms with Crippen LogP contribution in [0.5, 0.6) is 0 Å². The fourth-order valence-corrected chi connectivity index (χ4v) is 2.04. The lowest BCUT2D eigenvalue weighted by Crippen LogP contribution is -2.30. The van der Waals surface area contributed by atoms with Crippen LogP contribution >= 0.6 is 23.2 Å². The molecule has 1 atom stereocenters. The van der Waals surface area contributed by atoms with Gasteiger partial charge in [-0.2, -0.15) is 0 Å². The first-order valence-electron chi connectivity index (χ1n) is 6.85. The molecule has 1 heterocycles. The topological polar surface area (TPSA) is 111 Å². The zero-order valence-electron chi connectivity index (χ0n) is 12.7. The van der Waals surface area contributed by atoms with Gasteiger partial charge >= 0.3 is 5.97 Å². The number of rotatable bonds is 5. The average molecular weight is 384 g/mol. The molecule has 10 heteroatoms. The van der Waals surface area contributed by atoms with Gasteiger partial charge < -0.3 is 10.1 Å². The summed E-state index contributed by atoms with van der Waals surface area (Å²) in [7, 11) is 0. The van der Waals surface area contributed by atoms with E-state index >= 15 is 0 Å². The van der Waals surface area contributed by atoms with Crippen molar-refractivity contribution in [3.05, 3.63) is 62.3 Å². The van der Waals surface area contributed by atoms with Crippen molar-refractivity contribution in [2.75, 3.05) is 5.32 Å². The number of amides is 1. The van der Waals surface area contributed by atoms with Crippen LogP contribution in [-0.4, -0.2) is 27.9 Å². The van der Waals surface area contributed by atoms with Gasteiger partial charge in [0, 0.05) is 12.3 Å². The Morgan fingerprint density at radius 3 is 2.60 bits per heavy atom. The molecule has 25 heavy (non-hydrogen) atoms. The highest BCUT2D eigenvalue weighted by Gasteiger charge is 2.22. The van der Waals surface area contributed by atoms with Crippen molar-refractivity contribution < 1.29 is 19.2 Å². The molecule has 2 aromatic rings. The number of nitro groups is 1. The van der Waals surface area contributed by atoms with Gasteiger partial charge in [0.15, 0.2) is 6.10 Å². The summed E-state index contributed by atoms with van der Waals surface area (Å²) in [6.07, 6.45) is 0.195. The highest BCUT2D eigenvalue weighted by molar-refractivity contribution is 6.32. The molecule has 0 spiro atoms. The fraction of sp³-hybridized carbons (Fsp3) is 0.133. The largest absolute Gasteiger partial charge is 0.449 e. The number of nitrogens with one attached hydrogen (secondary N) is 1. The molecule has 0 aliphatic carbocycles. The Kier molecular flexibility index (Phi) is 5.89. The van der Waals surface area contributed by atoms with Gasteiger partial charge in [-0.15, -0.1) is 0 Å². The van der Waals surface area contributed by atoms with Crippen molar-refractivity contribution in [2.45, 2.75) is 13.0 Å². The SMILES string of the molecule is C[C@H](OC(=O)c1ccc(Cl)c([N+](=O)[O-])c1)C(=O)Nc1ccc(Cl)cn1. The maximum Gasteiger partial charge on any atom is 0.339 e. The van der Waals surface area contributed by atoms with Crippen LogP contribution in [0.4, 0.5) is 11.5 Å². The number of aromatic nitrogens is 1. The Bertz CT molecular complexity index is 826. The van der Waals surface area contributed by atoms with E-state index in [0.29, 0.717) is 5.02 Å². The number of anilines is 1. The Hall–Kier alpha value is -2.71. The lowest BCUT2D eigenvalue weighted by molar-refractivity contribution is -0.384. The number of halogens is 2. The fourth-order valence-electron chi connectivity index (χ4n) is 1.74. The van der Waals surface area contributed by atoms with E-state index in [0.717, 1.165) is 6.07 Å². The van der Waals surface area contributed by atoms with Crippen LogP contribution < -0.4 is 5.32 Å². The van der Waals surface area contributed by atoms with Crippen LogP contribution in [0.3, 0.4) is 0 Å². The maximum absolute atomic E-state index is 12.0. The molecule has 1 amide bonds. The van der Waals surface area contributed by atoms with Crippen LogP contribution in [0.2, 0.25) is 10.0 Å². The smallest absolute Gasteiger partial charge is 0.339 e. The van der Waals surface area contributed by atoms with Gasteiger partial charge in [-0.1, -0.05) is 23.2 Å². The van der Waals surface area contributed by atoms with E-state index in [1.54, 1.807) is 0 Å². The maximum atomic E-state index is 12.0. The van der Waals surface area contributed by atoms with Gasteiger partial charge in [0.2, 0.25) is 0 Å². The summed E-state index contributed by atoms with van der Waals surface area (Å²) < 4.78 is 5.00. The quantitative estimate of drug-likeness (QED) is 0.480. The van der Waals surface area contributed by atoms with E-state index in [1.165, 1.54) is 37.4 Å². The number of ether oxygens (including phenoxy) is 1. The normalized spacial score (nSPS) is 11.5. The van der Waals surface area contributed by atoms with Crippen LogP contribution in [0.1, 0.15) is 17.3 Å². The minimum absolute atomic E-state index is 0.0969. The summed E-state index contributed by atoms with van der Waals surface area (Å²) in [4.78, 5) is 38.1. The van der Waals surface area contributed by atoms with E-state index in [4.69, 9.17) is 27.9 Å².